The molecule has 20 heavy (non-hydrogen) atoms. The van der Waals surface area contributed by atoms with Crippen molar-refractivity contribution in [1.82, 2.24) is 9.97 Å². The van der Waals surface area contributed by atoms with Crippen molar-refractivity contribution >= 4 is 23.1 Å². The molecule has 0 saturated carbocycles. The fourth-order valence-electron chi connectivity index (χ4n) is 1.61. The van der Waals surface area contributed by atoms with Crippen molar-refractivity contribution in [3.8, 4) is 0 Å². The Morgan fingerprint density at radius 3 is 2.25 bits per heavy atom. The lowest BCUT2D eigenvalue weighted by Gasteiger charge is -2.12. The third kappa shape index (κ3) is 2.53. The highest BCUT2D eigenvalue weighted by Gasteiger charge is 2.20. The zero-order chi connectivity index (χ0) is 14.9. The maximum atomic E-state index is 13.5. The van der Waals surface area contributed by atoms with Crippen LogP contribution in [-0.2, 0) is 6.42 Å². The first-order valence-electron chi connectivity index (χ1n) is 5.55. The fraction of sp³-hybridized carbons (Fsp3) is 0.167. The van der Waals surface area contributed by atoms with Crippen LogP contribution in [0.4, 0.5) is 29.1 Å². The van der Waals surface area contributed by atoms with Gasteiger partial charge in [-0.3, -0.25) is 0 Å². The Morgan fingerprint density at radius 2 is 1.70 bits per heavy atom. The van der Waals surface area contributed by atoms with E-state index in [2.05, 4.69) is 15.3 Å². The van der Waals surface area contributed by atoms with Crippen LogP contribution in [0.1, 0.15) is 12.5 Å². The van der Waals surface area contributed by atoms with Gasteiger partial charge in [0.1, 0.15) is 23.0 Å². The number of anilines is 2. The molecule has 1 heterocycles. The van der Waals surface area contributed by atoms with E-state index in [9.17, 15) is 17.6 Å². The molecular formula is C12H8ClF4N3. The molecule has 0 atom stereocenters. The average Bonchev–Trinajstić information content (AvgIpc) is 2.41. The third-order valence-corrected chi connectivity index (χ3v) is 2.93. The predicted molar refractivity (Wildman–Crippen MR) is 66.0 cm³/mol. The van der Waals surface area contributed by atoms with E-state index in [1.807, 2.05) is 0 Å². The quantitative estimate of drug-likeness (QED) is 0.529. The summed E-state index contributed by atoms with van der Waals surface area (Å²) in [4.78, 5) is 7.47. The smallest absolute Gasteiger partial charge is 0.185 e. The van der Waals surface area contributed by atoms with Gasteiger partial charge in [0.2, 0.25) is 0 Å². The summed E-state index contributed by atoms with van der Waals surface area (Å²) in [7, 11) is 0. The summed E-state index contributed by atoms with van der Waals surface area (Å²) in [5.74, 6) is -6.12. The summed E-state index contributed by atoms with van der Waals surface area (Å²) in [5.41, 5.74) is -0.593. The Kier molecular flexibility index (Phi) is 4.08. The second-order valence-corrected chi connectivity index (χ2v) is 4.17. The van der Waals surface area contributed by atoms with Gasteiger partial charge in [0.25, 0.3) is 0 Å². The lowest BCUT2D eigenvalue weighted by Crippen LogP contribution is -2.06. The first-order valence-corrected chi connectivity index (χ1v) is 5.92. The summed E-state index contributed by atoms with van der Waals surface area (Å²) < 4.78 is 53.3. The Morgan fingerprint density at radius 1 is 1.10 bits per heavy atom. The molecule has 0 fully saturated rings. The molecule has 3 nitrogen and oxygen atoms in total. The van der Waals surface area contributed by atoms with E-state index in [0.29, 0.717) is 12.0 Å². The van der Waals surface area contributed by atoms with Crippen molar-refractivity contribution < 1.29 is 17.6 Å². The van der Waals surface area contributed by atoms with Crippen molar-refractivity contribution in [2.75, 3.05) is 5.32 Å². The van der Waals surface area contributed by atoms with E-state index < -0.39 is 29.0 Å². The van der Waals surface area contributed by atoms with Crippen molar-refractivity contribution in [3.63, 3.8) is 0 Å². The van der Waals surface area contributed by atoms with Crippen LogP contribution in [-0.4, -0.2) is 9.97 Å². The van der Waals surface area contributed by atoms with Gasteiger partial charge in [0.05, 0.1) is 0 Å². The predicted octanol–water partition coefficient (Wildman–Crippen LogP) is 3.99. The standard InChI is InChI=1S/C12H8ClF4N3/c1-2-5-11(13)18-4-19-12(5)20-10-8(16)6(14)3-7(15)9(10)17/h3-4H,2H2,1H3,(H,18,19,20). The molecule has 1 aromatic carbocycles. The van der Waals surface area contributed by atoms with Gasteiger partial charge in [-0.2, -0.15) is 0 Å². The van der Waals surface area contributed by atoms with E-state index >= 15 is 0 Å². The van der Waals surface area contributed by atoms with E-state index in [1.165, 1.54) is 0 Å². The maximum absolute atomic E-state index is 13.5. The topological polar surface area (TPSA) is 37.8 Å². The molecular weight excluding hydrogens is 298 g/mol. The summed E-state index contributed by atoms with van der Waals surface area (Å²) >= 11 is 5.81. The number of hydrogen-bond acceptors (Lipinski definition) is 3. The van der Waals surface area contributed by atoms with E-state index in [-0.39, 0.29) is 17.0 Å². The van der Waals surface area contributed by atoms with Crippen LogP contribution >= 0.6 is 11.6 Å². The zero-order valence-electron chi connectivity index (χ0n) is 10.1. The Hall–Kier alpha value is -1.89. The lowest BCUT2D eigenvalue weighted by atomic mass is 10.2. The van der Waals surface area contributed by atoms with Crippen molar-refractivity contribution in [2.45, 2.75) is 13.3 Å². The van der Waals surface area contributed by atoms with Crippen LogP contribution in [0.25, 0.3) is 0 Å². The molecule has 106 valence electrons. The lowest BCUT2D eigenvalue weighted by molar-refractivity contribution is 0.459. The molecule has 8 heteroatoms. The molecule has 0 spiro atoms. The largest absolute Gasteiger partial charge is 0.335 e. The second kappa shape index (κ2) is 5.62. The molecule has 0 radical (unpaired) electrons. The summed E-state index contributed by atoms with van der Waals surface area (Å²) in [5, 5.41) is 2.30. The molecule has 1 N–H and O–H groups in total. The van der Waals surface area contributed by atoms with Gasteiger partial charge in [-0.25, -0.2) is 27.5 Å². The van der Waals surface area contributed by atoms with Crippen LogP contribution in [0.3, 0.4) is 0 Å². The van der Waals surface area contributed by atoms with Gasteiger partial charge in [-0.1, -0.05) is 18.5 Å². The van der Waals surface area contributed by atoms with E-state index in [0.717, 1.165) is 6.33 Å². The zero-order valence-corrected chi connectivity index (χ0v) is 10.9. The molecule has 0 saturated heterocycles. The number of hydrogen-bond donors (Lipinski definition) is 1. The molecule has 1 aromatic heterocycles. The number of aromatic nitrogens is 2. The highest BCUT2D eigenvalue weighted by molar-refractivity contribution is 6.30. The minimum atomic E-state index is -1.54. The minimum Gasteiger partial charge on any atom is -0.335 e. The van der Waals surface area contributed by atoms with Crippen LogP contribution in [0.15, 0.2) is 12.4 Å². The SMILES string of the molecule is CCc1c(Cl)ncnc1Nc1c(F)c(F)cc(F)c1F. The first kappa shape index (κ1) is 14.5. The first-order chi connectivity index (χ1) is 9.45. The molecule has 0 unspecified atom stereocenters. The normalized spacial score (nSPS) is 10.7. The van der Waals surface area contributed by atoms with Gasteiger partial charge in [0.15, 0.2) is 23.3 Å². The van der Waals surface area contributed by atoms with Crippen molar-refractivity contribution in [1.29, 1.82) is 0 Å². The van der Waals surface area contributed by atoms with Crippen LogP contribution < -0.4 is 5.32 Å². The number of nitrogens with one attached hydrogen (secondary N) is 1. The Labute approximate surface area is 116 Å². The summed E-state index contributed by atoms with van der Waals surface area (Å²) in [6.07, 6.45) is 1.43. The second-order valence-electron chi connectivity index (χ2n) is 3.81. The van der Waals surface area contributed by atoms with E-state index in [1.54, 1.807) is 6.92 Å². The highest BCUT2D eigenvalue weighted by atomic mass is 35.5. The Bertz CT molecular complexity index is 637. The molecule has 0 aliphatic carbocycles. The van der Waals surface area contributed by atoms with Crippen LogP contribution in [0.5, 0.6) is 0 Å². The monoisotopic (exact) mass is 305 g/mol. The molecule has 0 amide bonds. The third-order valence-electron chi connectivity index (χ3n) is 2.60. The summed E-state index contributed by atoms with van der Waals surface area (Å²) in [6, 6.07) is 0.129. The average molecular weight is 306 g/mol. The fourth-order valence-corrected chi connectivity index (χ4v) is 1.88. The van der Waals surface area contributed by atoms with Gasteiger partial charge < -0.3 is 5.32 Å². The minimum absolute atomic E-state index is 0.0182. The van der Waals surface area contributed by atoms with Crippen molar-refractivity contribution in [2.24, 2.45) is 0 Å². The molecule has 0 aliphatic heterocycles. The number of nitrogens with zero attached hydrogens (tertiary/aromatic N) is 2. The summed E-state index contributed by atoms with van der Waals surface area (Å²) in [6.45, 7) is 1.72. The van der Waals surface area contributed by atoms with E-state index in [4.69, 9.17) is 11.6 Å². The number of halogens is 5. The van der Waals surface area contributed by atoms with Crippen LogP contribution in [0, 0.1) is 23.3 Å². The number of rotatable bonds is 3. The molecule has 0 aliphatic rings. The van der Waals surface area contributed by atoms with Gasteiger partial charge >= 0.3 is 0 Å². The van der Waals surface area contributed by atoms with Crippen molar-refractivity contribution in [3.05, 3.63) is 46.4 Å². The molecule has 2 rings (SSSR count). The highest BCUT2D eigenvalue weighted by Crippen LogP contribution is 2.29. The molecule has 0 bridgehead atoms. The molecule has 2 aromatic rings. The van der Waals surface area contributed by atoms with Gasteiger partial charge in [-0.05, 0) is 6.42 Å². The van der Waals surface area contributed by atoms with Crippen LogP contribution in [0.2, 0.25) is 5.15 Å². The maximum Gasteiger partial charge on any atom is 0.185 e. The van der Waals surface area contributed by atoms with Gasteiger partial charge in [-0.15, -0.1) is 0 Å². The number of benzene rings is 1. The van der Waals surface area contributed by atoms with Gasteiger partial charge in [0, 0.05) is 11.6 Å². The Balaban J connectivity index is 2.53.